The second-order valence-electron chi connectivity index (χ2n) is 2.18. The molecule has 0 radical (unpaired) electrons. The fourth-order valence-electron chi connectivity index (χ4n) is 0.669. The van der Waals surface area contributed by atoms with Crippen LogP contribution in [0.25, 0.3) is 5.57 Å². The van der Waals surface area contributed by atoms with E-state index in [2.05, 4.69) is 16.8 Å². The number of carboxylic acid groups (broad SMARTS) is 1. The van der Waals surface area contributed by atoms with Crippen LogP contribution < -0.4 is 0 Å². The number of nitro groups is 1. The molecule has 0 atom stereocenters. The second-order valence-corrected chi connectivity index (χ2v) is 2.18. The smallest absolute Gasteiger partial charge is 0.343 e. The number of H-pyrrole nitrogens is 1. The molecule has 0 aliphatic heterocycles. The zero-order valence-electron chi connectivity index (χ0n) is 6.35. The van der Waals surface area contributed by atoms with E-state index in [4.69, 9.17) is 5.11 Å². The number of carboxylic acids is 1. The summed E-state index contributed by atoms with van der Waals surface area (Å²) in [4.78, 5) is 19.8. The Kier molecular flexibility index (Phi) is 2.09. The van der Waals surface area contributed by atoms with Crippen molar-refractivity contribution in [3.8, 4) is 0 Å². The van der Waals surface area contributed by atoms with Crippen LogP contribution >= 0.6 is 0 Å². The molecule has 1 aromatic rings. The number of nitrogens with zero attached hydrogens (tertiary/aromatic N) is 2. The molecule has 0 spiro atoms. The van der Waals surface area contributed by atoms with Gasteiger partial charge in [0.2, 0.25) is 0 Å². The summed E-state index contributed by atoms with van der Waals surface area (Å²) in [5.41, 5.74) is -0.330. The number of carbonyl (C=O) groups is 1. The molecule has 0 aliphatic carbocycles. The SMILES string of the molecule is C=C(C(=O)O)c1cc([N+](=O)[O-])[nH]n1. The van der Waals surface area contributed by atoms with Gasteiger partial charge < -0.3 is 15.2 Å². The first-order valence-electron chi connectivity index (χ1n) is 3.14. The molecule has 0 aromatic carbocycles. The minimum absolute atomic E-state index is 0.0424. The van der Waals surface area contributed by atoms with E-state index < -0.39 is 10.9 Å². The highest BCUT2D eigenvalue weighted by Crippen LogP contribution is 2.14. The van der Waals surface area contributed by atoms with E-state index in [1.54, 1.807) is 0 Å². The third-order valence-corrected chi connectivity index (χ3v) is 1.33. The van der Waals surface area contributed by atoms with Gasteiger partial charge in [-0.2, -0.15) is 0 Å². The number of aliphatic carboxylic acids is 1. The summed E-state index contributed by atoms with van der Waals surface area (Å²) in [6, 6.07) is 1.01. The number of aromatic nitrogens is 2. The zero-order valence-corrected chi connectivity index (χ0v) is 6.35. The van der Waals surface area contributed by atoms with Crippen LogP contribution in [0, 0.1) is 10.1 Å². The molecule has 1 rings (SSSR count). The molecule has 0 bridgehead atoms. The number of hydrogen-bond acceptors (Lipinski definition) is 4. The first kappa shape index (κ1) is 8.91. The third kappa shape index (κ3) is 1.70. The first-order chi connectivity index (χ1) is 6.02. The van der Waals surface area contributed by atoms with Crippen molar-refractivity contribution in [1.29, 1.82) is 0 Å². The zero-order chi connectivity index (χ0) is 10.0. The van der Waals surface area contributed by atoms with Gasteiger partial charge >= 0.3 is 11.8 Å². The van der Waals surface area contributed by atoms with Gasteiger partial charge in [0.15, 0.2) is 0 Å². The lowest BCUT2D eigenvalue weighted by atomic mass is 10.2. The Bertz CT molecular complexity index is 381. The fraction of sp³-hybridized carbons (Fsp3) is 0. The Hall–Kier alpha value is -2.18. The molecule has 0 unspecified atom stereocenters. The van der Waals surface area contributed by atoms with Crippen LogP contribution in [0.1, 0.15) is 5.69 Å². The molecule has 0 saturated carbocycles. The van der Waals surface area contributed by atoms with Crippen LogP contribution in [-0.4, -0.2) is 26.2 Å². The molecule has 1 heterocycles. The molecule has 68 valence electrons. The molecular formula is C6H5N3O4. The van der Waals surface area contributed by atoms with Gasteiger partial charge in [-0.1, -0.05) is 11.7 Å². The maximum atomic E-state index is 10.4. The minimum Gasteiger partial charge on any atom is -0.478 e. The van der Waals surface area contributed by atoms with Crippen molar-refractivity contribution >= 4 is 17.4 Å². The average Bonchev–Trinajstić information content (AvgIpc) is 2.50. The highest BCUT2D eigenvalue weighted by atomic mass is 16.6. The van der Waals surface area contributed by atoms with E-state index in [1.807, 2.05) is 0 Å². The Balaban J connectivity index is 2.99. The summed E-state index contributed by atoms with van der Waals surface area (Å²) < 4.78 is 0. The summed E-state index contributed by atoms with van der Waals surface area (Å²) in [7, 11) is 0. The Morgan fingerprint density at radius 1 is 1.77 bits per heavy atom. The van der Waals surface area contributed by atoms with Crippen molar-refractivity contribution in [2.24, 2.45) is 0 Å². The standard InChI is InChI=1S/C6H5N3O4/c1-3(6(10)11)4-2-5(8-7-4)9(12)13/h2H,1H2,(H,7,8)(H,10,11). The average molecular weight is 183 g/mol. The van der Waals surface area contributed by atoms with Crippen LogP contribution in [0.15, 0.2) is 12.6 Å². The van der Waals surface area contributed by atoms with E-state index in [0.717, 1.165) is 6.07 Å². The quantitative estimate of drug-likeness (QED) is 0.400. The van der Waals surface area contributed by atoms with Gasteiger partial charge in [0.05, 0.1) is 11.6 Å². The van der Waals surface area contributed by atoms with Crippen LogP contribution in [-0.2, 0) is 4.79 Å². The summed E-state index contributed by atoms with van der Waals surface area (Å²) in [6.07, 6.45) is 0. The van der Waals surface area contributed by atoms with Gasteiger partial charge in [-0.3, -0.25) is 0 Å². The molecule has 2 N–H and O–H groups in total. The van der Waals surface area contributed by atoms with E-state index in [-0.39, 0.29) is 17.1 Å². The van der Waals surface area contributed by atoms with Gasteiger partial charge in [-0.15, -0.1) is 5.10 Å². The molecular weight excluding hydrogens is 178 g/mol. The summed E-state index contributed by atoms with van der Waals surface area (Å²) in [6.45, 7) is 3.19. The highest BCUT2D eigenvalue weighted by Gasteiger charge is 2.15. The molecule has 0 amide bonds. The van der Waals surface area contributed by atoms with Gasteiger partial charge in [0, 0.05) is 0 Å². The number of nitrogens with one attached hydrogen (secondary N) is 1. The normalized spacial score (nSPS) is 9.54. The predicted molar refractivity (Wildman–Crippen MR) is 41.9 cm³/mol. The van der Waals surface area contributed by atoms with Gasteiger partial charge in [-0.25, -0.2) is 4.79 Å². The maximum absolute atomic E-state index is 10.4. The lowest BCUT2D eigenvalue weighted by Crippen LogP contribution is -1.97. The summed E-state index contributed by atoms with van der Waals surface area (Å²) >= 11 is 0. The molecule has 0 saturated heterocycles. The number of aromatic amines is 1. The minimum atomic E-state index is -1.26. The molecule has 13 heavy (non-hydrogen) atoms. The number of hydrogen-bond donors (Lipinski definition) is 2. The molecule has 0 aliphatic rings. The topological polar surface area (TPSA) is 109 Å². The predicted octanol–water partition coefficient (Wildman–Crippen LogP) is 0.416. The molecule has 7 heteroatoms. The Labute approximate surface area is 71.8 Å². The molecule has 1 aromatic heterocycles. The van der Waals surface area contributed by atoms with Crippen LogP contribution in [0.2, 0.25) is 0 Å². The summed E-state index contributed by atoms with van der Waals surface area (Å²) in [5, 5.41) is 24.1. The Morgan fingerprint density at radius 3 is 2.77 bits per heavy atom. The van der Waals surface area contributed by atoms with Crippen molar-refractivity contribution in [3.63, 3.8) is 0 Å². The van der Waals surface area contributed by atoms with E-state index in [9.17, 15) is 14.9 Å². The third-order valence-electron chi connectivity index (χ3n) is 1.33. The van der Waals surface area contributed by atoms with Crippen molar-refractivity contribution in [1.82, 2.24) is 10.2 Å². The Morgan fingerprint density at radius 2 is 2.38 bits per heavy atom. The van der Waals surface area contributed by atoms with Crippen LogP contribution in [0.3, 0.4) is 0 Å². The number of rotatable bonds is 3. The van der Waals surface area contributed by atoms with Crippen molar-refractivity contribution < 1.29 is 14.8 Å². The van der Waals surface area contributed by atoms with E-state index in [0.29, 0.717) is 0 Å². The summed E-state index contributed by atoms with van der Waals surface area (Å²) in [5.74, 6) is -1.63. The lowest BCUT2D eigenvalue weighted by molar-refractivity contribution is -0.389. The highest BCUT2D eigenvalue weighted by molar-refractivity contribution is 6.13. The molecule has 7 nitrogen and oxygen atoms in total. The van der Waals surface area contributed by atoms with Crippen molar-refractivity contribution in [2.45, 2.75) is 0 Å². The van der Waals surface area contributed by atoms with Crippen molar-refractivity contribution in [2.75, 3.05) is 0 Å². The molecule has 0 fully saturated rings. The van der Waals surface area contributed by atoms with Crippen molar-refractivity contribution in [3.05, 3.63) is 28.5 Å². The van der Waals surface area contributed by atoms with E-state index in [1.165, 1.54) is 0 Å². The largest absolute Gasteiger partial charge is 0.478 e. The van der Waals surface area contributed by atoms with Crippen LogP contribution in [0.4, 0.5) is 5.82 Å². The second kappa shape index (κ2) is 3.05. The van der Waals surface area contributed by atoms with E-state index >= 15 is 0 Å². The lowest BCUT2D eigenvalue weighted by Gasteiger charge is -1.89. The van der Waals surface area contributed by atoms with Crippen LogP contribution in [0.5, 0.6) is 0 Å². The first-order valence-corrected chi connectivity index (χ1v) is 3.14. The monoisotopic (exact) mass is 183 g/mol. The van der Waals surface area contributed by atoms with Gasteiger partial charge in [0.1, 0.15) is 5.69 Å². The van der Waals surface area contributed by atoms with Gasteiger partial charge in [0.25, 0.3) is 0 Å². The van der Waals surface area contributed by atoms with Gasteiger partial charge in [-0.05, 0) is 4.92 Å². The fourth-order valence-corrected chi connectivity index (χ4v) is 0.669. The maximum Gasteiger partial charge on any atom is 0.343 e.